The van der Waals surface area contributed by atoms with Gasteiger partial charge in [-0.3, -0.25) is 19.4 Å². The molecular formula is C31H33N3O9S. The zero-order chi connectivity index (χ0) is 31.2. The van der Waals surface area contributed by atoms with E-state index in [9.17, 15) is 25.1 Å². The normalized spacial score (nSPS) is 31.8. The molecule has 4 unspecified atom stereocenters. The number of rotatable bonds is 2. The number of ketones is 1. The standard InChI is InChI=1S/C31H33N3O9S/c1-13-6-16-7-31(10-32)11-33(4)22(19(16)24(37)25(13)39-5)23-29-21-20(17(34(23)31)8-40-30(38)18(36)9-44-29)28-27(41-12-42-28)14(2)26(21)43-15(3)35/h6,17,22-23,29-30,37-38H,7-9,11-12H2,1-5H3/t17-,22+,23?,29+,30?,31?/m0/s1. The first-order valence-corrected chi connectivity index (χ1v) is 15.5. The number of aromatic hydroxyl groups is 1. The molecule has 6 aliphatic rings. The van der Waals surface area contributed by atoms with Crippen LogP contribution >= 0.6 is 11.8 Å². The third-order valence-corrected chi connectivity index (χ3v) is 10.9. The number of aliphatic hydroxyl groups excluding tert-OH is 1. The molecule has 13 heteroatoms. The number of phenolic OH excluding ortho intramolecular Hbond substituents is 1. The Morgan fingerprint density at radius 1 is 1.20 bits per heavy atom. The minimum Gasteiger partial charge on any atom is -0.504 e. The lowest BCUT2D eigenvalue weighted by Gasteiger charge is -2.60. The Hall–Kier alpha value is -3.54. The average molecular weight is 624 g/mol. The zero-order valence-corrected chi connectivity index (χ0v) is 25.8. The second-order valence-electron chi connectivity index (χ2n) is 12.1. The van der Waals surface area contributed by atoms with Gasteiger partial charge in [0.05, 0.1) is 42.9 Å². The largest absolute Gasteiger partial charge is 0.504 e. The molecule has 0 aliphatic carbocycles. The summed E-state index contributed by atoms with van der Waals surface area (Å²) in [5, 5.41) is 32.9. The number of hydrogen-bond donors (Lipinski definition) is 2. The fourth-order valence-electron chi connectivity index (χ4n) is 8.06. The van der Waals surface area contributed by atoms with Crippen molar-refractivity contribution >= 4 is 23.5 Å². The minimum absolute atomic E-state index is 0.0120. The van der Waals surface area contributed by atoms with Gasteiger partial charge in [0.15, 0.2) is 28.8 Å². The summed E-state index contributed by atoms with van der Waals surface area (Å²) in [6.45, 7) is 5.12. The van der Waals surface area contributed by atoms with Crippen molar-refractivity contribution in [3.05, 3.63) is 39.4 Å². The first kappa shape index (κ1) is 29.2. The van der Waals surface area contributed by atoms with Crippen LogP contribution in [0.1, 0.15) is 57.6 Å². The molecule has 2 fully saturated rings. The lowest BCUT2D eigenvalue weighted by Crippen LogP contribution is -2.69. The van der Waals surface area contributed by atoms with Crippen LogP contribution in [0, 0.1) is 25.2 Å². The Morgan fingerprint density at radius 3 is 2.66 bits per heavy atom. The van der Waals surface area contributed by atoms with E-state index < -0.39 is 47.0 Å². The van der Waals surface area contributed by atoms with Crippen LogP contribution in [0.25, 0.3) is 0 Å². The van der Waals surface area contributed by atoms with Crippen LogP contribution in [-0.4, -0.2) is 89.5 Å². The summed E-state index contributed by atoms with van der Waals surface area (Å²) >= 11 is 1.28. The molecule has 0 saturated carbocycles. The summed E-state index contributed by atoms with van der Waals surface area (Å²) in [5.74, 6) is 0.453. The Bertz CT molecular complexity index is 1660. The third-order valence-electron chi connectivity index (χ3n) is 9.56. The number of ether oxygens (including phenoxy) is 5. The van der Waals surface area contributed by atoms with Gasteiger partial charge in [0.2, 0.25) is 13.1 Å². The summed E-state index contributed by atoms with van der Waals surface area (Å²) in [5.41, 5.74) is 2.98. The number of nitriles is 1. The molecule has 6 aliphatic heterocycles. The molecule has 232 valence electrons. The monoisotopic (exact) mass is 623 g/mol. The quantitative estimate of drug-likeness (QED) is 0.373. The number of carbonyl (C=O) groups is 2. The highest BCUT2D eigenvalue weighted by molar-refractivity contribution is 8.00. The highest BCUT2D eigenvalue weighted by atomic mass is 32.2. The Kier molecular flexibility index (Phi) is 6.80. The number of aryl methyl sites for hydroxylation is 1. The summed E-state index contributed by atoms with van der Waals surface area (Å²) in [4.78, 5) is 29.8. The molecule has 0 amide bonds. The predicted molar refractivity (Wildman–Crippen MR) is 156 cm³/mol. The molecule has 12 nitrogen and oxygen atoms in total. The number of carbonyl (C=O) groups excluding carboxylic acids is 2. The lowest BCUT2D eigenvalue weighted by molar-refractivity contribution is -0.165. The highest BCUT2D eigenvalue weighted by Gasteiger charge is 2.63. The summed E-state index contributed by atoms with van der Waals surface area (Å²) in [7, 11) is 3.44. The number of phenols is 1. The molecule has 0 spiro atoms. The number of esters is 1. The predicted octanol–water partition coefficient (Wildman–Crippen LogP) is 2.59. The second-order valence-corrected chi connectivity index (χ2v) is 13.2. The molecule has 2 aromatic carbocycles. The first-order chi connectivity index (χ1) is 21.0. The summed E-state index contributed by atoms with van der Waals surface area (Å²) in [6, 6.07) is 2.92. The van der Waals surface area contributed by atoms with Crippen molar-refractivity contribution in [2.45, 2.75) is 62.4 Å². The van der Waals surface area contributed by atoms with E-state index in [1.165, 1.54) is 25.8 Å². The van der Waals surface area contributed by atoms with Crippen molar-refractivity contribution in [3.8, 4) is 34.8 Å². The van der Waals surface area contributed by atoms with Crippen LogP contribution in [-0.2, 0) is 20.7 Å². The maximum absolute atomic E-state index is 13.0. The van der Waals surface area contributed by atoms with E-state index in [4.69, 9.17) is 23.7 Å². The molecular weight excluding hydrogens is 590 g/mol. The van der Waals surface area contributed by atoms with Crippen molar-refractivity contribution in [1.82, 2.24) is 9.80 Å². The summed E-state index contributed by atoms with van der Waals surface area (Å²) in [6.07, 6.45) is -1.35. The lowest BCUT2D eigenvalue weighted by atomic mass is 9.76. The van der Waals surface area contributed by atoms with E-state index >= 15 is 0 Å². The molecule has 2 N–H and O–H groups in total. The van der Waals surface area contributed by atoms with Gasteiger partial charge in [0, 0.05) is 48.2 Å². The van der Waals surface area contributed by atoms with E-state index in [2.05, 4.69) is 15.9 Å². The topological polar surface area (TPSA) is 151 Å². The van der Waals surface area contributed by atoms with Gasteiger partial charge in [0.25, 0.3) is 0 Å². The van der Waals surface area contributed by atoms with Crippen molar-refractivity contribution in [1.29, 1.82) is 5.26 Å². The van der Waals surface area contributed by atoms with Crippen molar-refractivity contribution in [2.75, 3.05) is 39.9 Å². The maximum Gasteiger partial charge on any atom is 0.308 e. The highest BCUT2D eigenvalue weighted by Crippen LogP contribution is 2.65. The summed E-state index contributed by atoms with van der Waals surface area (Å²) < 4.78 is 29.4. The SMILES string of the molecule is COc1c(C)cc2c(c1O)[C@@H]1C3[C@@H]4SCC(=O)C(O)OC[C@@H](c5c6c(c(C)c(OC(C)=O)c54)OCO6)N3C(C#N)(C2)CN1C. The maximum atomic E-state index is 13.0. The van der Waals surface area contributed by atoms with Gasteiger partial charge in [0.1, 0.15) is 11.3 Å². The van der Waals surface area contributed by atoms with Crippen molar-refractivity contribution in [2.24, 2.45) is 0 Å². The molecule has 6 heterocycles. The Labute approximate surface area is 258 Å². The molecule has 8 rings (SSSR count). The van der Waals surface area contributed by atoms with Gasteiger partial charge in [-0.15, -0.1) is 11.8 Å². The van der Waals surface area contributed by atoms with E-state index in [1.807, 2.05) is 20.0 Å². The fraction of sp³-hybridized carbons (Fsp3) is 0.516. The molecule has 0 aromatic heterocycles. The molecule has 4 bridgehead atoms. The number of hydrogen-bond acceptors (Lipinski definition) is 13. The number of benzene rings is 2. The van der Waals surface area contributed by atoms with Crippen LogP contribution in [0.15, 0.2) is 6.07 Å². The smallest absolute Gasteiger partial charge is 0.308 e. The van der Waals surface area contributed by atoms with Crippen LogP contribution in [0.5, 0.6) is 28.7 Å². The first-order valence-electron chi connectivity index (χ1n) is 14.4. The van der Waals surface area contributed by atoms with E-state index in [-0.39, 0.29) is 24.9 Å². The van der Waals surface area contributed by atoms with Crippen molar-refractivity contribution < 1.29 is 43.5 Å². The number of thioether (sulfide) groups is 1. The van der Waals surface area contributed by atoms with E-state index in [0.717, 1.165) is 11.1 Å². The average Bonchev–Trinajstić information content (AvgIpc) is 3.38. The molecule has 44 heavy (non-hydrogen) atoms. The van der Waals surface area contributed by atoms with Gasteiger partial charge in [-0.05, 0) is 32.0 Å². The van der Waals surface area contributed by atoms with Crippen LogP contribution in [0.4, 0.5) is 0 Å². The Morgan fingerprint density at radius 2 is 1.95 bits per heavy atom. The van der Waals surface area contributed by atoms with Gasteiger partial charge in [-0.2, -0.15) is 5.26 Å². The third kappa shape index (κ3) is 3.91. The van der Waals surface area contributed by atoms with Gasteiger partial charge < -0.3 is 33.9 Å². The van der Waals surface area contributed by atoms with Gasteiger partial charge >= 0.3 is 5.97 Å². The minimum atomic E-state index is -1.65. The molecule has 2 saturated heterocycles. The van der Waals surface area contributed by atoms with Crippen LogP contribution in [0.3, 0.4) is 0 Å². The number of fused-ring (bicyclic) bond motifs is 6. The van der Waals surface area contributed by atoms with Crippen LogP contribution < -0.4 is 18.9 Å². The number of piperazine rings is 1. The molecule has 0 radical (unpaired) electrons. The number of nitrogens with zero attached hydrogens (tertiary/aromatic N) is 3. The molecule has 2 aromatic rings. The van der Waals surface area contributed by atoms with E-state index in [0.29, 0.717) is 58.2 Å². The number of Topliss-reactive ketones (excluding diaryl/α,β-unsaturated/α-hetero) is 1. The second kappa shape index (κ2) is 10.3. The molecule has 7 atom stereocenters. The zero-order valence-electron chi connectivity index (χ0n) is 25.0. The van der Waals surface area contributed by atoms with Crippen molar-refractivity contribution in [3.63, 3.8) is 0 Å². The van der Waals surface area contributed by atoms with Gasteiger partial charge in [-0.1, -0.05) is 6.07 Å². The Balaban J connectivity index is 1.59. The van der Waals surface area contributed by atoms with E-state index in [1.54, 1.807) is 6.92 Å². The van der Waals surface area contributed by atoms with Crippen LogP contribution in [0.2, 0.25) is 0 Å². The number of likely N-dealkylation sites (N-methyl/N-ethyl adjacent to an activating group) is 1. The fourth-order valence-corrected chi connectivity index (χ4v) is 9.43. The number of aliphatic hydroxyl groups is 1. The number of methoxy groups -OCH3 is 1. The van der Waals surface area contributed by atoms with Gasteiger partial charge in [-0.25, -0.2) is 0 Å².